The number of likely N-dealkylation sites (tertiary alicyclic amines) is 1. The largest absolute Gasteiger partial charge is 0.398 e. The molecule has 26 heavy (non-hydrogen) atoms. The Morgan fingerprint density at radius 1 is 1.42 bits per heavy atom. The van der Waals surface area contributed by atoms with Gasteiger partial charge in [-0.3, -0.25) is 4.79 Å². The van der Waals surface area contributed by atoms with Crippen LogP contribution in [0.1, 0.15) is 22.3 Å². The molecule has 1 aromatic heterocycles. The lowest BCUT2D eigenvalue weighted by Crippen LogP contribution is -2.47. The van der Waals surface area contributed by atoms with Gasteiger partial charge in [0.1, 0.15) is 6.04 Å². The molecular formula is C17H18ClF2N5O. The number of anilines is 2. The van der Waals surface area contributed by atoms with E-state index in [0.29, 0.717) is 5.02 Å². The number of carbonyl (C=O) groups excluding carboxylic acids is 1. The van der Waals surface area contributed by atoms with Crippen molar-refractivity contribution < 1.29 is 13.6 Å². The molecular weight excluding hydrogens is 364 g/mol. The predicted molar refractivity (Wildman–Crippen MR) is 95.5 cm³/mol. The molecule has 3 N–H and O–H groups in total. The SMILES string of the molecule is Cc1ccc(N)c(C(=O)N2CCC(F)(F)C2CNc2ncc(Cl)cn2)c1. The molecule has 1 amide bonds. The molecule has 1 aliphatic heterocycles. The first-order valence-electron chi connectivity index (χ1n) is 8.04. The van der Waals surface area contributed by atoms with Crippen LogP contribution < -0.4 is 11.1 Å². The quantitative estimate of drug-likeness (QED) is 0.795. The molecule has 0 aliphatic carbocycles. The van der Waals surface area contributed by atoms with E-state index < -0.39 is 24.3 Å². The van der Waals surface area contributed by atoms with Crippen LogP contribution >= 0.6 is 11.6 Å². The number of nitrogen functional groups attached to an aromatic ring is 1. The van der Waals surface area contributed by atoms with Crippen LogP contribution in [-0.4, -0.2) is 45.8 Å². The summed E-state index contributed by atoms with van der Waals surface area (Å²) in [6, 6.07) is 3.66. The number of amides is 1. The second-order valence-corrected chi connectivity index (χ2v) is 6.66. The van der Waals surface area contributed by atoms with Crippen molar-refractivity contribution in [3.8, 4) is 0 Å². The number of aromatic nitrogens is 2. The number of nitrogens with one attached hydrogen (secondary N) is 1. The van der Waals surface area contributed by atoms with E-state index in [1.54, 1.807) is 18.2 Å². The zero-order valence-corrected chi connectivity index (χ0v) is 14.8. The molecule has 6 nitrogen and oxygen atoms in total. The smallest absolute Gasteiger partial charge is 0.271 e. The fourth-order valence-corrected chi connectivity index (χ4v) is 3.02. The summed E-state index contributed by atoms with van der Waals surface area (Å²) in [4.78, 5) is 21.8. The Balaban J connectivity index is 1.80. The molecule has 1 aromatic carbocycles. The standard InChI is InChI=1S/C17H18ClF2N5O/c1-10-2-3-13(21)12(6-10)15(26)25-5-4-17(19,20)14(25)9-24-16-22-7-11(18)8-23-16/h2-3,6-8,14H,4-5,9,21H2,1H3,(H,22,23,24). The highest BCUT2D eigenvalue weighted by Gasteiger charge is 2.50. The Bertz CT molecular complexity index is 815. The van der Waals surface area contributed by atoms with E-state index in [1.807, 2.05) is 6.92 Å². The number of hydrogen-bond donors (Lipinski definition) is 2. The summed E-state index contributed by atoms with van der Waals surface area (Å²) in [6.07, 6.45) is 2.32. The maximum Gasteiger partial charge on any atom is 0.271 e. The first-order chi connectivity index (χ1) is 12.3. The fraction of sp³-hybridized carbons (Fsp3) is 0.353. The Labute approximate surface area is 154 Å². The van der Waals surface area contributed by atoms with E-state index in [2.05, 4.69) is 15.3 Å². The minimum absolute atomic E-state index is 0.0486. The Morgan fingerprint density at radius 2 is 2.12 bits per heavy atom. The van der Waals surface area contributed by atoms with Gasteiger partial charge in [0, 0.05) is 25.2 Å². The van der Waals surface area contributed by atoms with Crippen LogP contribution in [0.3, 0.4) is 0 Å². The second-order valence-electron chi connectivity index (χ2n) is 6.22. The molecule has 1 saturated heterocycles. The van der Waals surface area contributed by atoms with E-state index in [0.717, 1.165) is 10.5 Å². The van der Waals surface area contributed by atoms with Crippen LogP contribution in [-0.2, 0) is 0 Å². The maximum atomic E-state index is 14.4. The van der Waals surface area contributed by atoms with E-state index >= 15 is 0 Å². The number of rotatable bonds is 4. The van der Waals surface area contributed by atoms with Crippen LogP contribution in [0.5, 0.6) is 0 Å². The number of nitrogens with zero attached hydrogens (tertiary/aromatic N) is 3. The van der Waals surface area contributed by atoms with Gasteiger partial charge in [-0.2, -0.15) is 0 Å². The van der Waals surface area contributed by atoms with Gasteiger partial charge in [-0.05, 0) is 19.1 Å². The van der Waals surface area contributed by atoms with Crippen LogP contribution in [0.25, 0.3) is 0 Å². The number of halogens is 3. The topological polar surface area (TPSA) is 84.1 Å². The summed E-state index contributed by atoms with van der Waals surface area (Å²) >= 11 is 5.71. The van der Waals surface area contributed by atoms with E-state index in [4.69, 9.17) is 17.3 Å². The lowest BCUT2D eigenvalue weighted by Gasteiger charge is -2.28. The first kappa shape index (κ1) is 18.3. The van der Waals surface area contributed by atoms with Gasteiger partial charge in [-0.15, -0.1) is 0 Å². The van der Waals surface area contributed by atoms with E-state index in [9.17, 15) is 13.6 Å². The summed E-state index contributed by atoms with van der Waals surface area (Å²) in [6.45, 7) is 1.57. The molecule has 0 radical (unpaired) electrons. The summed E-state index contributed by atoms with van der Waals surface area (Å²) in [7, 11) is 0. The van der Waals surface area contributed by atoms with E-state index in [1.165, 1.54) is 12.4 Å². The number of aryl methyl sites for hydroxylation is 1. The Kier molecular flexibility index (Phi) is 4.95. The van der Waals surface area contributed by atoms with Gasteiger partial charge < -0.3 is 16.0 Å². The molecule has 3 rings (SSSR count). The van der Waals surface area contributed by atoms with Crippen LogP contribution in [0.4, 0.5) is 20.4 Å². The van der Waals surface area contributed by atoms with Crippen molar-refractivity contribution in [2.45, 2.75) is 25.3 Å². The summed E-state index contributed by atoms with van der Waals surface area (Å²) in [5, 5.41) is 3.09. The molecule has 0 spiro atoms. The van der Waals surface area contributed by atoms with E-state index in [-0.39, 0.29) is 30.3 Å². The number of nitrogens with two attached hydrogens (primary N) is 1. The normalized spacial score (nSPS) is 18.8. The minimum atomic E-state index is -3.02. The maximum absolute atomic E-state index is 14.4. The summed E-state index contributed by atoms with van der Waals surface area (Å²) in [5.41, 5.74) is 7.20. The second kappa shape index (κ2) is 7.03. The van der Waals surface area contributed by atoms with Gasteiger partial charge >= 0.3 is 0 Å². The predicted octanol–water partition coefficient (Wildman–Crippen LogP) is 2.98. The molecule has 1 fully saturated rings. The lowest BCUT2D eigenvalue weighted by molar-refractivity contribution is -0.0248. The highest BCUT2D eigenvalue weighted by Crippen LogP contribution is 2.35. The van der Waals surface area contributed by atoms with Crippen LogP contribution in [0.2, 0.25) is 5.02 Å². The monoisotopic (exact) mass is 381 g/mol. The number of alkyl halides is 2. The number of benzene rings is 1. The Hall–Kier alpha value is -2.48. The third kappa shape index (κ3) is 3.70. The Morgan fingerprint density at radius 3 is 2.81 bits per heavy atom. The first-order valence-corrected chi connectivity index (χ1v) is 8.42. The highest BCUT2D eigenvalue weighted by molar-refractivity contribution is 6.30. The van der Waals surface area contributed by atoms with Gasteiger partial charge in [-0.1, -0.05) is 23.2 Å². The molecule has 138 valence electrons. The molecule has 0 saturated carbocycles. The lowest BCUT2D eigenvalue weighted by atomic mass is 10.1. The highest BCUT2D eigenvalue weighted by atomic mass is 35.5. The molecule has 1 unspecified atom stereocenters. The van der Waals surface area contributed by atoms with Crippen molar-refractivity contribution in [1.82, 2.24) is 14.9 Å². The van der Waals surface area contributed by atoms with Gasteiger partial charge in [0.25, 0.3) is 11.8 Å². The van der Waals surface area contributed by atoms with Crippen LogP contribution in [0.15, 0.2) is 30.6 Å². The third-order valence-corrected chi connectivity index (χ3v) is 4.52. The zero-order chi connectivity index (χ0) is 18.9. The van der Waals surface area contributed by atoms with Crippen molar-refractivity contribution in [2.24, 2.45) is 0 Å². The van der Waals surface area contributed by atoms with Crippen molar-refractivity contribution >= 4 is 29.1 Å². The van der Waals surface area contributed by atoms with Crippen molar-refractivity contribution in [3.63, 3.8) is 0 Å². The molecule has 0 bridgehead atoms. The van der Waals surface area contributed by atoms with Crippen molar-refractivity contribution in [1.29, 1.82) is 0 Å². The molecule has 2 heterocycles. The van der Waals surface area contributed by atoms with Gasteiger partial charge in [0.15, 0.2) is 0 Å². The molecule has 2 aromatic rings. The van der Waals surface area contributed by atoms with Crippen LogP contribution in [0, 0.1) is 6.92 Å². The average molecular weight is 382 g/mol. The fourth-order valence-electron chi connectivity index (χ4n) is 2.92. The summed E-state index contributed by atoms with van der Waals surface area (Å²) < 4.78 is 28.7. The zero-order valence-electron chi connectivity index (χ0n) is 14.0. The van der Waals surface area contributed by atoms with Gasteiger partial charge in [0.2, 0.25) is 5.95 Å². The third-order valence-electron chi connectivity index (χ3n) is 4.32. The van der Waals surface area contributed by atoms with Gasteiger partial charge in [0.05, 0.1) is 23.0 Å². The van der Waals surface area contributed by atoms with Crippen molar-refractivity contribution in [2.75, 3.05) is 24.1 Å². The minimum Gasteiger partial charge on any atom is -0.398 e. The van der Waals surface area contributed by atoms with Crippen molar-refractivity contribution in [3.05, 3.63) is 46.7 Å². The molecule has 1 atom stereocenters. The van der Waals surface area contributed by atoms with Gasteiger partial charge in [-0.25, -0.2) is 18.7 Å². The summed E-state index contributed by atoms with van der Waals surface area (Å²) in [5.74, 6) is -3.36. The number of hydrogen-bond acceptors (Lipinski definition) is 5. The average Bonchev–Trinajstić information content (AvgIpc) is 2.90. The molecule has 1 aliphatic rings. The number of carbonyl (C=O) groups is 1. The molecule has 9 heteroatoms.